The normalized spacial score (nSPS) is 17.5. The summed E-state index contributed by atoms with van der Waals surface area (Å²) >= 11 is 0. The van der Waals surface area contributed by atoms with E-state index in [1.54, 1.807) is 12.1 Å². The molecule has 3 rings (SSSR count). The summed E-state index contributed by atoms with van der Waals surface area (Å²) in [5, 5.41) is 12.8. The van der Waals surface area contributed by atoms with Crippen LogP contribution in [-0.2, 0) is 9.59 Å². The number of carbonyl (C=O) groups is 2. The number of benzene rings is 2. The Balaban J connectivity index is 1.87. The Bertz CT molecular complexity index is 806. The van der Waals surface area contributed by atoms with Gasteiger partial charge in [-0.2, -0.15) is 0 Å². The van der Waals surface area contributed by atoms with Gasteiger partial charge in [0.25, 0.3) is 5.91 Å². The van der Waals surface area contributed by atoms with E-state index in [9.17, 15) is 14.7 Å². The summed E-state index contributed by atoms with van der Waals surface area (Å²) in [6.07, 6.45) is 0.0985. The van der Waals surface area contributed by atoms with Crippen molar-refractivity contribution >= 4 is 23.2 Å². The fourth-order valence-electron chi connectivity index (χ4n) is 3.23. The fourth-order valence-corrected chi connectivity index (χ4v) is 3.23. The van der Waals surface area contributed by atoms with Crippen LogP contribution in [0.3, 0.4) is 0 Å². The van der Waals surface area contributed by atoms with Crippen molar-refractivity contribution < 1.29 is 14.7 Å². The number of aryl methyl sites for hydroxylation is 3. The maximum Gasteiger partial charge on any atom is 0.256 e. The second-order valence-corrected chi connectivity index (χ2v) is 6.26. The van der Waals surface area contributed by atoms with Gasteiger partial charge in [0.1, 0.15) is 11.8 Å². The van der Waals surface area contributed by atoms with E-state index in [0.717, 1.165) is 27.3 Å². The first kappa shape index (κ1) is 16.1. The maximum atomic E-state index is 12.7. The van der Waals surface area contributed by atoms with Crippen molar-refractivity contribution in [1.29, 1.82) is 0 Å². The molecule has 1 saturated heterocycles. The molecule has 1 unspecified atom stereocenters. The second kappa shape index (κ2) is 6.00. The predicted molar refractivity (Wildman–Crippen MR) is 93.3 cm³/mol. The van der Waals surface area contributed by atoms with Gasteiger partial charge < -0.3 is 10.4 Å². The zero-order valence-electron chi connectivity index (χ0n) is 14.0. The van der Waals surface area contributed by atoms with Gasteiger partial charge in [-0.3, -0.25) is 9.59 Å². The highest BCUT2D eigenvalue weighted by Crippen LogP contribution is 2.29. The van der Waals surface area contributed by atoms with E-state index in [1.807, 2.05) is 32.9 Å². The monoisotopic (exact) mass is 324 g/mol. The first-order chi connectivity index (χ1) is 11.4. The molecule has 5 heteroatoms. The van der Waals surface area contributed by atoms with Crippen molar-refractivity contribution in [3.8, 4) is 5.75 Å². The Morgan fingerprint density at radius 3 is 2.38 bits per heavy atom. The zero-order valence-corrected chi connectivity index (χ0v) is 14.0. The average Bonchev–Trinajstić information content (AvgIpc) is 2.77. The van der Waals surface area contributed by atoms with E-state index >= 15 is 0 Å². The minimum absolute atomic E-state index is 0.0229. The largest absolute Gasteiger partial charge is 0.508 e. The minimum atomic E-state index is -0.597. The molecule has 124 valence electrons. The highest BCUT2D eigenvalue weighted by Gasteiger charge is 2.40. The van der Waals surface area contributed by atoms with E-state index in [0.29, 0.717) is 5.69 Å². The molecule has 1 aliphatic rings. The standard InChI is InChI=1S/C19H20N2O3/c1-11-7-12(2)18(13(3)8-11)20-16-10-17(23)21(19(16)24)14-5-4-6-15(22)9-14/h4-9,16,20,22H,10H2,1-3H3. The van der Waals surface area contributed by atoms with Crippen molar-refractivity contribution in [2.24, 2.45) is 0 Å². The molecule has 1 fully saturated rings. The summed E-state index contributed by atoms with van der Waals surface area (Å²) in [4.78, 5) is 26.1. The molecule has 0 aliphatic carbocycles. The number of amides is 2. The summed E-state index contributed by atoms with van der Waals surface area (Å²) in [5.74, 6) is -0.551. The van der Waals surface area contributed by atoms with Crippen LogP contribution in [0.1, 0.15) is 23.1 Å². The van der Waals surface area contributed by atoms with Crippen molar-refractivity contribution in [2.45, 2.75) is 33.2 Å². The number of phenols is 1. The van der Waals surface area contributed by atoms with Crippen LogP contribution in [0, 0.1) is 20.8 Å². The highest BCUT2D eigenvalue weighted by molar-refractivity contribution is 6.23. The molecule has 24 heavy (non-hydrogen) atoms. The van der Waals surface area contributed by atoms with Gasteiger partial charge in [-0.25, -0.2) is 4.90 Å². The van der Waals surface area contributed by atoms with Crippen molar-refractivity contribution in [3.05, 3.63) is 53.1 Å². The minimum Gasteiger partial charge on any atom is -0.508 e. The summed E-state index contributed by atoms with van der Waals surface area (Å²) in [5.41, 5.74) is 4.54. The van der Waals surface area contributed by atoms with Crippen LogP contribution in [0.2, 0.25) is 0 Å². The van der Waals surface area contributed by atoms with E-state index in [1.165, 1.54) is 12.1 Å². The third-order valence-corrected chi connectivity index (χ3v) is 4.23. The molecule has 2 aromatic rings. The van der Waals surface area contributed by atoms with Crippen LogP contribution >= 0.6 is 0 Å². The summed E-state index contributed by atoms with van der Waals surface area (Å²) in [7, 11) is 0. The number of nitrogens with zero attached hydrogens (tertiary/aromatic N) is 1. The third kappa shape index (κ3) is 2.85. The van der Waals surface area contributed by atoms with Gasteiger partial charge in [0, 0.05) is 11.8 Å². The number of nitrogens with one attached hydrogen (secondary N) is 1. The molecule has 0 spiro atoms. The lowest BCUT2D eigenvalue weighted by molar-refractivity contribution is -0.121. The Morgan fingerprint density at radius 1 is 1.08 bits per heavy atom. The lowest BCUT2D eigenvalue weighted by Gasteiger charge is -2.19. The quantitative estimate of drug-likeness (QED) is 0.851. The number of aromatic hydroxyl groups is 1. The highest BCUT2D eigenvalue weighted by atomic mass is 16.3. The Kier molecular flexibility index (Phi) is 4.01. The van der Waals surface area contributed by atoms with Crippen molar-refractivity contribution in [2.75, 3.05) is 10.2 Å². The van der Waals surface area contributed by atoms with E-state index in [4.69, 9.17) is 0 Å². The Morgan fingerprint density at radius 2 is 1.75 bits per heavy atom. The SMILES string of the molecule is Cc1cc(C)c(NC2CC(=O)N(c3cccc(O)c3)C2=O)c(C)c1. The molecular formula is C19H20N2O3. The second-order valence-electron chi connectivity index (χ2n) is 6.26. The molecule has 1 atom stereocenters. The molecule has 1 heterocycles. The molecule has 1 aliphatic heterocycles. The molecule has 0 aromatic heterocycles. The lowest BCUT2D eigenvalue weighted by atomic mass is 10.0. The lowest BCUT2D eigenvalue weighted by Crippen LogP contribution is -2.35. The van der Waals surface area contributed by atoms with Crippen LogP contribution in [0.15, 0.2) is 36.4 Å². The fraction of sp³-hybridized carbons (Fsp3) is 0.263. The number of rotatable bonds is 3. The molecule has 2 N–H and O–H groups in total. The first-order valence-corrected chi connectivity index (χ1v) is 7.87. The number of hydrogen-bond donors (Lipinski definition) is 2. The topological polar surface area (TPSA) is 69.6 Å². The number of hydrogen-bond acceptors (Lipinski definition) is 4. The van der Waals surface area contributed by atoms with Gasteiger partial charge in [0.05, 0.1) is 12.1 Å². The van der Waals surface area contributed by atoms with E-state index in [-0.39, 0.29) is 24.0 Å². The number of phenolic OH excluding ortho intramolecular Hbond substituents is 1. The van der Waals surface area contributed by atoms with Crippen LogP contribution < -0.4 is 10.2 Å². The summed E-state index contributed by atoms with van der Waals surface area (Å²) in [6.45, 7) is 5.99. The Labute approximate surface area is 140 Å². The predicted octanol–water partition coefficient (Wildman–Crippen LogP) is 3.06. The van der Waals surface area contributed by atoms with Crippen LogP contribution in [-0.4, -0.2) is 23.0 Å². The summed E-state index contributed by atoms with van der Waals surface area (Å²) in [6, 6.07) is 9.66. The molecule has 0 bridgehead atoms. The Hall–Kier alpha value is -2.82. The van der Waals surface area contributed by atoms with Crippen LogP contribution in [0.4, 0.5) is 11.4 Å². The van der Waals surface area contributed by atoms with Gasteiger partial charge in [0.2, 0.25) is 5.91 Å². The summed E-state index contributed by atoms with van der Waals surface area (Å²) < 4.78 is 0. The van der Waals surface area contributed by atoms with Crippen molar-refractivity contribution in [3.63, 3.8) is 0 Å². The first-order valence-electron chi connectivity index (χ1n) is 7.87. The molecule has 5 nitrogen and oxygen atoms in total. The zero-order chi connectivity index (χ0) is 17.4. The molecular weight excluding hydrogens is 304 g/mol. The maximum absolute atomic E-state index is 12.7. The van der Waals surface area contributed by atoms with Crippen LogP contribution in [0.5, 0.6) is 5.75 Å². The van der Waals surface area contributed by atoms with Gasteiger partial charge in [-0.15, -0.1) is 0 Å². The van der Waals surface area contributed by atoms with E-state index < -0.39 is 6.04 Å². The number of carbonyl (C=O) groups excluding carboxylic acids is 2. The average molecular weight is 324 g/mol. The molecule has 0 saturated carbocycles. The van der Waals surface area contributed by atoms with Gasteiger partial charge >= 0.3 is 0 Å². The van der Waals surface area contributed by atoms with Crippen molar-refractivity contribution in [1.82, 2.24) is 0 Å². The van der Waals surface area contributed by atoms with Gasteiger partial charge in [-0.05, 0) is 44.0 Å². The van der Waals surface area contributed by atoms with Crippen LogP contribution in [0.25, 0.3) is 0 Å². The van der Waals surface area contributed by atoms with Gasteiger partial charge in [-0.1, -0.05) is 23.8 Å². The van der Waals surface area contributed by atoms with Gasteiger partial charge in [0.15, 0.2) is 0 Å². The molecule has 2 amide bonds. The number of anilines is 2. The smallest absolute Gasteiger partial charge is 0.256 e. The molecule has 0 radical (unpaired) electrons. The van der Waals surface area contributed by atoms with E-state index in [2.05, 4.69) is 5.32 Å². The number of imide groups is 1. The molecule has 2 aromatic carbocycles. The third-order valence-electron chi connectivity index (χ3n) is 4.23.